The molecule has 2 bridgehead atoms. The zero-order valence-electron chi connectivity index (χ0n) is 16.9. The molecule has 6 atom stereocenters. The summed E-state index contributed by atoms with van der Waals surface area (Å²) in [6.07, 6.45) is 7.05. The number of fused-ring (bicyclic) bond motifs is 3. The summed E-state index contributed by atoms with van der Waals surface area (Å²) in [5.74, 6) is 4.44. The molecular formula is C23H32N2O2. The van der Waals surface area contributed by atoms with Gasteiger partial charge in [0, 0.05) is 25.4 Å². The Morgan fingerprint density at radius 3 is 2.56 bits per heavy atom. The van der Waals surface area contributed by atoms with Gasteiger partial charge in [-0.25, -0.2) is 0 Å². The van der Waals surface area contributed by atoms with Crippen molar-refractivity contribution < 1.29 is 9.47 Å². The van der Waals surface area contributed by atoms with Crippen molar-refractivity contribution in [2.45, 2.75) is 69.6 Å². The number of nitrogens with zero attached hydrogens (tertiary/aromatic N) is 2. The highest BCUT2D eigenvalue weighted by Gasteiger charge is 2.60. The molecule has 3 fully saturated rings. The number of methoxy groups -OCH3 is 1. The average Bonchev–Trinajstić information content (AvgIpc) is 3.37. The maximum atomic E-state index is 5.95. The van der Waals surface area contributed by atoms with Crippen LogP contribution < -0.4 is 4.74 Å². The van der Waals surface area contributed by atoms with E-state index in [4.69, 9.17) is 14.5 Å². The van der Waals surface area contributed by atoms with Crippen LogP contribution in [0.5, 0.6) is 5.75 Å². The minimum absolute atomic E-state index is 0.137. The molecule has 1 aromatic rings. The van der Waals surface area contributed by atoms with E-state index < -0.39 is 0 Å². The van der Waals surface area contributed by atoms with Gasteiger partial charge in [0.05, 0.1) is 30.7 Å². The molecule has 4 heteroatoms. The van der Waals surface area contributed by atoms with Gasteiger partial charge in [0.2, 0.25) is 0 Å². The minimum atomic E-state index is 0.137. The van der Waals surface area contributed by atoms with Crippen LogP contribution in [-0.4, -0.2) is 48.7 Å². The number of ether oxygens (including phenoxy) is 2. The zero-order chi connectivity index (χ0) is 18.6. The summed E-state index contributed by atoms with van der Waals surface area (Å²) in [6.45, 7) is 6.35. The number of rotatable bonds is 2. The maximum Gasteiger partial charge on any atom is 0.118 e. The van der Waals surface area contributed by atoms with Gasteiger partial charge in [-0.1, -0.05) is 12.1 Å². The molecule has 27 heavy (non-hydrogen) atoms. The number of hydrogen-bond acceptors (Lipinski definition) is 4. The predicted octanol–water partition coefficient (Wildman–Crippen LogP) is 4.25. The minimum Gasteiger partial charge on any atom is -0.497 e. The molecule has 4 nitrogen and oxygen atoms in total. The van der Waals surface area contributed by atoms with Gasteiger partial charge in [0.1, 0.15) is 5.75 Å². The molecule has 1 spiro atoms. The van der Waals surface area contributed by atoms with Crippen LogP contribution in [0.15, 0.2) is 29.3 Å². The van der Waals surface area contributed by atoms with Crippen molar-refractivity contribution in [1.82, 2.24) is 4.90 Å². The fraction of sp³-hybridized carbons (Fsp3) is 0.696. The highest BCUT2D eigenvalue weighted by molar-refractivity contribution is 5.85. The van der Waals surface area contributed by atoms with Crippen molar-refractivity contribution in [3.8, 4) is 5.75 Å². The number of benzene rings is 1. The van der Waals surface area contributed by atoms with Crippen molar-refractivity contribution in [2.75, 3.05) is 20.2 Å². The van der Waals surface area contributed by atoms with Gasteiger partial charge in [0.15, 0.2) is 0 Å². The number of aliphatic imine (C=N–C) groups is 1. The summed E-state index contributed by atoms with van der Waals surface area (Å²) in [5, 5.41) is 0. The van der Waals surface area contributed by atoms with Gasteiger partial charge in [-0.2, -0.15) is 0 Å². The SMILES string of the molecule is COc1ccc(C2C3CCC(C3)C23CCC(N2CC(C)OC(C)C2)=N3)cc1. The summed E-state index contributed by atoms with van der Waals surface area (Å²) in [4.78, 5) is 8.07. The van der Waals surface area contributed by atoms with Crippen molar-refractivity contribution in [2.24, 2.45) is 16.8 Å². The van der Waals surface area contributed by atoms with Crippen LogP contribution >= 0.6 is 0 Å². The highest BCUT2D eigenvalue weighted by Crippen LogP contribution is 2.63. The second kappa shape index (κ2) is 6.51. The molecule has 0 aromatic heterocycles. The van der Waals surface area contributed by atoms with Gasteiger partial charge >= 0.3 is 0 Å². The first-order valence-corrected chi connectivity index (χ1v) is 10.7. The fourth-order valence-corrected chi connectivity index (χ4v) is 6.61. The number of morpholine rings is 1. The Labute approximate surface area is 162 Å². The second-order valence-electron chi connectivity index (χ2n) is 9.20. The predicted molar refractivity (Wildman–Crippen MR) is 108 cm³/mol. The lowest BCUT2D eigenvalue weighted by atomic mass is 9.69. The lowest BCUT2D eigenvalue weighted by Crippen LogP contribution is -2.48. The Bertz CT molecular complexity index is 720. The van der Waals surface area contributed by atoms with Crippen molar-refractivity contribution in [3.05, 3.63) is 29.8 Å². The molecule has 2 saturated carbocycles. The van der Waals surface area contributed by atoms with E-state index in [0.717, 1.165) is 37.1 Å². The van der Waals surface area contributed by atoms with Gasteiger partial charge in [0.25, 0.3) is 0 Å². The molecule has 2 heterocycles. The highest BCUT2D eigenvalue weighted by atomic mass is 16.5. The Kier molecular flexibility index (Phi) is 4.23. The normalized spacial score (nSPS) is 40.6. The largest absolute Gasteiger partial charge is 0.497 e. The summed E-state index contributed by atoms with van der Waals surface area (Å²) in [5.41, 5.74) is 1.61. The summed E-state index contributed by atoms with van der Waals surface area (Å²) >= 11 is 0. The van der Waals surface area contributed by atoms with E-state index in [1.54, 1.807) is 7.11 Å². The van der Waals surface area contributed by atoms with E-state index in [0.29, 0.717) is 18.1 Å². The van der Waals surface area contributed by atoms with Crippen LogP contribution in [0.3, 0.4) is 0 Å². The van der Waals surface area contributed by atoms with E-state index >= 15 is 0 Å². The lowest BCUT2D eigenvalue weighted by molar-refractivity contribution is -0.0484. The third-order valence-corrected chi connectivity index (χ3v) is 7.54. The van der Waals surface area contributed by atoms with Crippen LogP contribution in [0.2, 0.25) is 0 Å². The molecule has 1 saturated heterocycles. The first-order chi connectivity index (χ1) is 13.1. The van der Waals surface area contributed by atoms with Crippen molar-refractivity contribution in [3.63, 3.8) is 0 Å². The zero-order valence-corrected chi connectivity index (χ0v) is 16.9. The molecule has 0 N–H and O–H groups in total. The molecular weight excluding hydrogens is 336 g/mol. The van der Waals surface area contributed by atoms with E-state index in [1.807, 2.05) is 0 Å². The molecule has 0 amide bonds. The van der Waals surface area contributed by atoms with Crippen molar-refractivity contribution >= 4 is 5.84 Å². The van der Waals surface area contributed by atoms with E-state index in [-0.39, 0.29) is 5.54 Å². The fourth-order valence-electron chi connectivity index (χ4n) is 6.61. The summed E-state index contributed by atoms with van der Waals surface area (Å²) in [6, 6.07) is 8.83. The monoisotopic (exact) mass is 368 g/mol. The standard InChI is InChI=1S/C23H32N2O2/c1-15-13-25(14-16(2)27-15)21-10-11-23(24-21)19-7-4-18(12-19)22(23)17-5-8-20(26-3)9-6-17/h5-6,8-9,15-16,18-19,22H,4,7,10-14H2,1-3H3. The van der Waals surface area contributed by atoms with Crippen molar-refractivity contribution in [1.29, 1.82) is 0 Å². The molecule has 146 valence electrons. The van der Waals surface area contributed by atoms with Crippen LogP contribution in [0.25, 0.3) is 0 Å². The topological polar surface area (TPSA) is 34.1 Å². The molecule has 1 aromatic carbocycles. The number of amidine groups is 1. The molecule has 6 unspecified atom stereocenters. The van der Waals surface area contributed by atoms with Gasteiger partial charge in [-0.15, -0.1) is 0 Å². The van der Waals surface area contributed by atoms with Crippen LogP contribution in [0, 0.1) is 11.8 Å². The van der Waals surface area contributed by atoms with E-state index in [9.17, 15) is 0 Å². The van der Waals surface area contributed by atoms with Crippen LogP contribution in [0.1, 0.15) is 57.4 Å². The number of hydrogen-bond donors (Lipinski definition) is 0. The summed E-state index contributed by atoms with van der Waals surface area (Å²) < 4.78 is 11.3. The van der Waals surface area contributed by atoms with Gasteiger partial charge in [-0.3, -0.25) is 4.99 Å². The molecule has 2 aliphatic heterocycles. The molecule has 2 aliphatic carbocycles. The van der Waals surface area contributed by atoms with E-state index in [2.05, 4.69) is 43.0 Å². The van der Waals surface area contributed by atoms with Crippen LogP contribution in [0.4, 0.5) is 0 Å². The smallest absolute Gasteiger partial charge is 0.118 e. The quantitative estimate of drug-likeness (QED) is 0.783. The Morgan fingerprint density at radius 1 is 1.11 bits per heavy atom. The first-order valence-electron chi connectivity index (χ1n) is 10.7. The third-order valence-electron chi connectivity index (χ3n) is 7.54. The first kappa shape index (κ1) is 17.5. The lowest BCUT2D eigenvalue weighted by Gasteiger charge is -2.40. The van der Waals surface area contributed by atoms with Crippen LogP contribution in [-0.2, 0) is 4.74 Å². The second-order valence-corrected chi connectivity index (χ2v) is 9.20. The summed E-state index contributed by atoms with van der Waals surface area (Å²) in [7, 11) is 1.74. The van der Waals surface area contributed by atoms with Gasteiger partial charge < -0.3 is 14.4 Å². The van der Waals surface area contributed by atoms with E-state index in [1.165, 1.54) is 37.1 Å². The maximum absolute atomic E-state index is 5.95. The average molecular weight is 369 g/mol. The molecule has 5 rings (SSSR count). The van der Waals surface area contributed by atoms with Gasteiger partial charge in [-0.05, 0) is 69.1 Å². The molecule has 4 aliphatic rings. The molecule has 0 radical (unpaired) electrons. The third kappa shape index (κ3) is 2.79. The Hall–Kier alpha value is -1.55. The Morgan fingerprint density at radius 2 is 1.85 bits per heavy atom. The Balaban J connectivity index is 1.47.